The molecule has 2 amide bonds. The Kier molecular flexibility index (Phi) is 9.39. The molecule has 2 N–H and O–H groups in total. The van der Waals surface area contributed by atoms with Crippen molar-refractivity contribution in [2.24, 2.45) is 0 Å². The average molecular weight is 810 g/mol. The van der Waals surface area contributed by atoms with E-state index in [0.717, 1.165) is 52.7 Å². The summed E-state index contributed by atoms with van der Waals surface area (Å²) in [5.41, 5.74) is 6.98. The van der Waals surface area contributed by atoms with Crippen LogP contribution in [0.15, 0.2) is 85.2 Å². The summed E-state index contributed by atoms with van der Waals surface area (Å²) in [7, 11) is 1.32. The van der Waals surface area contributed by atoms with Crippen molar-refractivity contribution in [3.05, 3.63) is 123 Å². The highest BCUT2D eigenvalue weighted by atomic mass is 35.5. The first-order valence-corrected chi connectivity index (χ1v) is 19.5. The van der Waals surface area contributed by atoms with E-state index >= 15 is 0 Å². The third kappa shape index (κ3) is 6.24. The summed E-state index contributed by atoms with van der Waals surface area (Å²) in [5, 5.41) is 5.43. The zero-order valence-corrected chi connectivity index (χ0v) is 32.4. The molecule has 0 radical (unpaired) electrons. The molecule has 0 aliphatic carbocycles. The van der Waals surface area contributed by atoms with E-state index in [1.165, 1.54) is 7.11 Å². The quantitative estimate of drug-likeness (QED) is 0.154. The van der Waals surface area contributed by atoms with Crippen LogP contribution in [0.3, 0.4) is 0 Å². The van der Waals surface area contributed by atoms with Crippen LogP contribution in [0.4, 0.5) is 16.2 Å². The van der Waals surface area contributed by atoms with Crippen LogP contribution < -0.4 is 10.2 Å². The van der Waals surface area contributed by atoms with Gasteiger partial charge < -0.3 is 34.1 Å². The molecule has 1 unspecified atom stereocenters. The van der Waals surface area contributed by atoms with Gasteiger partial charge in [0.25, 0.3) is 5.91 Å². The number of anilines is 2. The minimum absolute atomic E-state index is 0.0575. The molecule has 3 aliphatic heterocycles. The van der Waals surface area contributed by atoms with Gasteiger partial charge in [0.05, 0.1) is 54.4 Å². The van der Waals surface area contributed by atoms with Crippen molar-refractivity contribution in [3.63, 3.8) is 0 Å². The number of ether oxygens (including phenoxy) is 2. The van der Waals surface area contributed by atoms with Crippen LogP contribution in [-0.4, -0.2) is 76.8 Å². The molecule has 2 aromatic heterocycles. The number of halogens is 3. The predicted octanol–water partition coefficient (Wildman–Crippen LogP) is 9.46. The first-order chi connectivity index (χ1) is 27.2. The first kappa shape index (κ1) is 36.2. The van der Waals surface area contributed by atoms with Gasteiger partial charge in [0, 0.05) is 62.8 Å². The molecule has 4 aromatic carbocycles. The van der Waals surface area contributed by atoms with Gasteiger partial charge in [0.2, 0.25) is 0 Å². The number of hydrogen-bond acceptors (Lipinski definition) is 7. The number of aromatic nitrogens is 3. The number of carbonyl (C=O) groups is 3. The molecule has 284 valence electrons. The van der Waals surface area contributed by atoms with Gasteiger partial charge in [0.1, 0.15) is 5.69 Å². The number of nitrogens with zero attached hydrogens (tertiary/aromatic N) is 4. The number of fused-ring (bicyclic) bond motifs is 2. The molecule has 0 spiro atoms. The highest BCUT2D eigenvalue weighted by Crippen LogP contribution is 2.51. The Morgan fingerprint density at radius 3 is 2.48 bits per heavy atom. The van der Waals surface area contributed by atoms with E-state index < -0.39 is 17.9 Å². The second-order valence-corrected chi connectivity index (χ2v) is 15.4. The normalized spacial score (nSPS) is 16.8. The van der Waals surface area contributed by atoms with E-state index in [4.69, 9.17) is 49.3 Å². The summed E-state index contributed by atoms with van der Waals surface area (Å²) in [4.78, 5) is 52.5. The molecule has 5 heterocycles. The molecule has 6 aromatic rings. The van der Waals surface area contributed by atoms with E-state index in [0.29, 0.717) is 69.5 Å². The molecule has 9 rings (SSSR count). The lowest BCUT2D eigenvalue weighted by Gasteiger charge is -2.40. The largest absolute Gasteiger partial charge is 0.465 e. The highest BCUT2D eigenvalue weighted by molar-refractivity contribution is 6.35. The number of carbonyl (C=O) groups excluding carboxylic acids is 3. The first-order valence-electron chi connectivity index (χ1n) is 18.3. The minimum atomic E-state index is -0.530. The number of rotatable bonds is 7. The average Bonchev–Trinajstić information content (AvgIpc) is 3.81. The van der Waals surface area contributed by atoms with Crippen molar-refractivity contribution in [2.75, 3.05) is 43.6 Å². The molecular formula is C42H35Cl3N6O5. The van der Waals surface area contributed by atoms with Crippen LogP contribution >= 0.6 is 34.8 Å². The summed E-state index contributed by atoms with van der Waals surface area (Å²) in [6.45, 7) is 2.38. The Bertz CT molecular complexity index is 2550. The maximum absolute atomic E-state index is 14.9. The van der Waals surface area contributed by atoms with Crippen LogP contribution in [0.2, 0.25) is 15.1 Å². The van der Waals surface area contributed by atoms with E-state index in [1.54, 1.807) is 36.7 Å². The van der Waals surface area contributed by atoms with Gasteiger partial charge in [0.15, 0.2) is 0 Å². The van der Waals surface area contributed by atoms with E-state index in [2.05, 4.69) is 15.2 Å². The number of esters is 1. The van der Waals surface area contributed by atoms with Gasteiger partial charge in [-0.2, -0.15) is 0 Å². The Labute approximate surface area is 337 Å². The fourth-order valence-electron chi connectivity index (χ4n) is 8.41. The molecule has 3 aliphatic rings. The van der Waals surface area contributed by atoms with Gasteiger partial charge in [-0.25, -0.2) is 14.6 Å². The van der Waals surface area contributed by atoms with Crippen molar-refractivity contribution in [2.45, 2.75) is 31.3 Å². The van der Waals surface area contributed by atoms with Crippen LogP contribution in [0.5, 0.6) is 0 Å². The second-order valence-electron chi connectivity index (χ2n) is 14.1. The van der Waals surface area contributed by atoms with Crippen LogP contribution in [0, 0.1) is 0 Å². The predicted molar refractivity (Wildman–Crippen MR) is 217 cm³/mol. The molecule has 2 saturated heterocycles. The molecule has 1 atom stereocenters. The number of imidazole rings is 1. The van der Waals surface area contributed by atoms with Crippen molar-refractivity contribution >= 4 is 75.1 Å². The van der Waals surface area contributed by atoms with Gasteiger partial charge in [-0.05, 0) is 72.9 Å². The maximum Gasteiger partial charge on any atom is 0.410 e. The lowest BCUT2D eigenvalue weighted by atomic mass is 9.87. The zero-order chi connectivity index (χ0) is 38.7. The van der Waals surface area contributed by atoms with E-state index in [1.807, 2.05) is 58.0 Å². The van der Waals surface area contributed by atoms with Crippen molar-refractivity contribution in [1.29, 1.82) is 0 Å². The summed E-state index contributed by atoms with van der Waals surface area (Å²) >= 11 is 20.0. The number of methoxy groups -OCH3 is 1. The number of nitrogens with one attached hydrogen (secondary N) is 2. The van der Waals surface area contributed by atoms with Crippen molar-refractivity contribution in [1.82, 2.24) is 19.4 Å². The number of hydrogen-bond donors (Lipinski definition) is 2. The Morgan fingerprint density at radius 2 is 1.73 bits per heavy atom. The van der Waals surface area contributed by atoms with Crippen LogP contribution in [0.25, 0.3) is 33.4 Å². The van der Waals surface area contributed by atoms with Crippen LogP contribution in [0.1, 0.15) is 57.3 Å². The number of H-pyrrole nitrogens is 1. The molecule has 0 saturated carbocycles. The maximum atomic E-state index is 14.9. The third-order valence-corrected chi connectivity index (χ3v) is 11.7. The third-order valence-electron chi connectivity index (χ3n) is 10.9. The Balaban J connectivity index is 1.15. The van der Waals surface area contributed by atoms with Crippen molar-refractivity contribution in [3.8, 4) is 22.5 Å². The van der Waals surface area contributed by atoms with E-state index in [-0.39, 0.29) is 17.7 Å². The zero-order valence-electron chi connectivity index (χ0n) is 30.2. The van der Waals surface area contributed by atoms with E-state index in [9.17, 15) is 14.4 Å². The molecule has 0 bridgehead atoms. The molecular weight excluding hydrogens is 775 g/mol. The Hall–Kier alpha value is -5.49. The summed E-state index contributed by atoms with van der Waals surface area (Å²) < 4.78 is 12.4. The smallest absolute Gasteiger partial charge is 0.410 e. The fourth-order valence-corrected chi connectivity index (χ4v) is 9.15. The summed E-state index contributed by atoms with van der Waals surface area (Å²) in [6.07, 6.45) is 3.76. The fraction of sp³-hybridized carbons (Fsp3) is 0.238. The van der Waals surface area contributed by atoms with Gasteiger partial charge >= 0.3 is 12.1 Å². The van der Waals surface area contributed by atoms with Gasteiger partial charge in [-0.1, -0.05) is 71.2 Å². The SMILES string of the molecule is COC(=O)c1ccc(N2CCC(N3CCCOC3=O)CC2)c(NC(=O)c2[nH]c3cc(Cl)cc4c3c2-c2c(-c3ccccc3)ncn2C4c2ccc(Cl)cc2Cl)c1. The minimum Gasteiger partial charge on any atom is -0.465 e. The molecule has 14 heteroatoms. The Morgan fingerprint density at radius 1 is 0.929 bits per heavy atom. The standard InChI is InChI=1S/C42H35Cl3N6O5/c1-55-41(53)24-8-11-33(49-15-12-27(13-16-49)50-14-5-17-56-42(50)54)31(18-24)48-40(52)37-35-34-29(19-26(44)21-32(34)47-37)38(28-10-9-25(43)20-30(28)45)51-22-46-36(39(35)51)23-6-3-2-4-7-23/h2-4,6-11,18-22,27,38,47H,5,12-17H2,1H3,(H,48,52). The molecule has 56 heavy (non-hydrogen) atoms. The van der Waals surface area contributed by atoms with Gasteiger partial charge in [-0.3, -0.25) is 4.79 Å². The molecule has 11 nitrogen and oxygen atoms in total. The number of cyclic esters (lactones) is 1. The summed E-state index contributed by atoms with van der Waals surface area (Å²) in [6, 6.07) is 23.7. The van der Waals surface area contributed by atoms with Crippen LogP contribution in [-0.2, 0) is 9.47 Å². The highest BCUT2D eigenvalue weighted by Gasteiger charge is 2.37. The lowest BCUT2D eigenvalue weighted by molar-refractivity contribution is 0.0499. The lowest BCUT2D eigenvalue weighted by Crippen LogP contribution is -2.50. The van der Waals surface area contributed by atoms with Crippen molar-refractivity contribution < 1.29 is 23.9 Å². The number of benzene rings is 4. The monoisotopic (exact) mass is 808 g/mol. The number of piperidine rings is 1. The number of aromatic amines is 1. The van der Waals surface area contributed by atoms with Gasteiger partial charge in [-0.15, -0.1) is 0 Å². The second kappa shape index (κ2) is 14.5. The topological polar surface area (TPSA) is 122 Å². The molecule has 2 fully saturated rings. The summed E-state index contributed by atoms with van der Waals surface area (Å²) in [5.74, 6) is -0.958. The number of amides is 2.